The third-order valence-electron chi connectivity index (χ3n) is 6.85. The molecule has 1 atom stereocenters. The first-order valence-corrected chi connectivity index (χ1v) is 11.5. The van der Waals surface area contributed by atoms with E-state index in [0.717, 1.165) is 28.7 Å². The minimum absolute atomic E-state index is 0.00308. The first-order valence-electron chi connectivity index (χ1n) is 11.5. The van der Waals surface area contributed by atoms with E-state index in [-0.39, 0.29) is 30.8 Å². The Labute approximate surface area is 193 Å². The van der Waals surface area contributed by atoms with E-state index in [1.807, 2.05) is 38.1 Å². The van der Waals surface area contributed by atoms with E-state index in [1.165, 1.54) is 0 Å². The molecule has 174 valence electrons. The van der Waals surface area contributed by atoms with E-state index >= 15 is 0 Å². The number of hydrogen-bond acceptors (Lipinski definition) is 4. The number of nitrogens with one attached hydrogen (secondary N) is 2. The van der Waals surface area contributed by atoms with Gasteiger partial charge in [-0.3, -0.25) is 4.79 Å². The van der Waals surface area contributed by atoms with Crippen molar-refractivity contribution in [3.8, 4) is 11.1 Å². The van der Waals surface area contributed by atoms with Crippen LogP contribution < -0.4 is 10.6 Å². The van der Waals surface area contributed by atoms with Crippen LogP contribution in [0.5, 0.6) is 0 Å². The zero-order valence-electron chi connectivity index (χ0n) is 19.0. The number of carboxylic acid groups (broad SMARTS) is 1. The predicted octanol–water partition coefficient (Wildman–Crippen LogP) is 4.06. The molecule has 7 heteroatoms. The molecule has 4 rings (SSSR count). The van der Waals surface area contributed by atoms with E-state index in [1.54, 1.807) is 0 Å². The van der Waals surface area contributed by atoms with Crippen molar-refractivity contribution in [2.45, 2.75) is 57.0 Å². The summed E-state index contributed by atoms with van der Waals surface area (Å²) in [5.41, 5.74) is 3.41. The molecule has 2 amide bonds. The first-order chi connectivity index (χ1) is 15.8. The van der Waals surface area contributed by atoms with Gasteiger partial charge in [-0.05, 0) is 47.4 Å². The summed E-state index contributed by atoms with van der Waals surface area (Å²) >= 11 is 0. The summed E-state index contributed by atoms with van der Waals surface area (Å²) in [7, 11) is 0. The Balaban J connectivity index is 1.36. The van der Waals surface area contributed by atoms with Crippen molar-refractivity contribution in [2.75, 3.05) is 6.61 Å². The van der Waals surface area contributed by atoms with E-state index in [2.05, 4.69) is 34.9 Å². The molecule has 0 spiro atoms. The molecule has 0 saturated heterocycles. The number of carbonyl (C=O) groups is 3. The molecule has 33 heavy (non-hydrogen) atoms. The number of carbonyl (C=O) groups excluding carboxylic acids is 2. The Morgan fingerprint density at radius 2 is 1.61 bits per heavy atom. The largest absolute Gasteiger partial charge is 0.480 e. The molecule has 0 aliphatic heterocycles. The van der Waals surface area contributed by atoms with Crippen LogP contribution in [0.1, 0.15) is 56.6 Å². The maximum absolute atomic E-state index is 12.6. The summed E-state index contributed by atoms with van der Waals surface area (Å²) in [6.07, 6.45) is 1.05. The lowest BCUT2D eigenvalue weighted by Gasteiger charge is -2.38. The molecule has 2 aromatic carbocycles. The van der Waals surface area contributed by atoms with Gasteiger partial charge in [0.2, 0.25) is 5.91 Å². The fourth-order valence-electron chi connectivity index (χ4n) is 4.69. The Morgan fingerprint density at radius 3 is 2.09 bits per heavy atom. The van der Waals surface area contributed by atoms with E-state index in [0.29, 0.717) is 12.8 Å². The molecule has 3 N–H and O–H groups in total. The zero-order chi connectivity index (χ0) is 23.6. The Bertz CT molecular complexity index is 1010. The van der Waals surface area contributed by atoms with Gasteiger partial charge in [-0.25, -0.2) is 9.59 Å². The fraction of sp³-hybridized carbons (Fsp3) is 0.423. The van der Waals surface area contributed by atoms with Gasteiger partial charge in [0.25, 0.3) is 0 Å². The highest BCUT2D eigenvalue weighted by Gasteiger charge is 2.45. The smallest absolute Gasteiger partial charge is 0.407 e. The van der Waals surface area contributed by atoms with Crippen molar-refractivity contribution < 1.29 is 24.2 Å². The van der Waals surface area contributed by atoms with Crippen LogP contribution in [0.25, 0.3) is 11.1 Å². The van der Waals surface area contributed by atoms with Gasteiger partial charge in [-0.15, -0.1) is 0 Å². The van der Waals surface area contributed by atoms with Gasteiger partial charge in [-0.1, -0.05) is 62.4 Å². The van der Waals surface area contributed by atoms with Crippen molar-refractivity contribution in [1.29, 1.82) is 0 Å². The van der Waals surface area contributed by atoms with Crippen LogP contribution in [0.2, 0.25) is 0 Å². The molecule has 0 unspecified atom stereocenters. The van der Waals surface area contributed by atoms with Crippen LogP contribution >= 0.6 is 0 Å². The van der Waals surface area contributed by atoms with Crippen LogP contribution in [0.3, 0.4) is 0 Å². The molecule has 2 aliphatic rings. The molecule has 7 nitrogen and oxygen atoms in total. The summed E-state index contributed by atoms with van der Waals surface area (Å²) in [6.45, 7) is 4.00. The number of fused-ring (bicyclic) bond motifs is 3. The number of ether oxygens (including phenoxy) is 1. The fourth-order valence-corrected chi connectivity index (χ4v) is 4.69. The Hall–Kier alpha value is -3.35. The lowest BCUT2D eigenvalue weighted by molar-refractivity contribution is -0.151. The molecule has 0 aromatic heterocycles. The number of rotatable bonds is 8. The number of alkyl carbamates (subject to hydrolysis) is 1. The van der Waals surface area contributed by atoms with Crippen LogP contribution in [-0.4, -0.2) is 41.3 Å². The SMILES string of the molecule is CC(C)[C@@H](CC(=O)NC1(C(=O)O)CCC1)NC(=O)OCC1c2ccccc2-c2ccccc21. The van der Waals surface area contributed by atoms with Crippen molar-refractivity contribution in [3.05, 3.63) is 59.7 Å². The summed E-state index contributed by atoms with van der Waals surface area (Å²) in [6, 6.07) is 15.8. The summed E-state index contributed by atoms with van der Waals surface area (Å²) in [4.78, 5) is 36.7. The Kier molecular flexibility index (Phi) is 6.40. The number of hydrogen-bond donors (Lipinski definition) is 3. The molecular weight excluding hydrogens is 420 g/mol. The normalized spacial score (nSPS) is 16.8. The van der Waals surface area contributed by atoms with Gasteiger partial charge >= 0.3 is 12.1 Å². The van der Waals surface area contributed by atoms with Crippen molar-refractivity contribution >= 4 is 18.0 Å². The summed E-state index contributed by atoms with van der Waals surface area (Å²) in [5, 5.41) is 14.9. The first kappa shape index (κ1) is 22.8. The minimum atomic E-state index is -1.16. The molecule has 0 bridgehead atoms. The second-order valence-corrected chi connectivity index (χ2v) is 9.31. The maximum Gasteiger partial charge on any atom is 0.407 e. The molecule has 2 aromatic rings. The average molecular weight is 451 g/mol. The van der Waals surface area contributed by atoms with Crippen molar-refractivity contribution in [3.63, 3.8) is 0 Å². The molecule has 0 radical (unpaired) electrons. The minimum Gasteiger partial charge on any atom is -0.480 e. The predicted molar refractivity (Wildman–Crippen MR) is 124 cm³/mol. The van der Waals surface area contributed by atoms with Crippen molar-refractivity contribution in [1.82, 2.24) is 10.6 Å². The van der Waals surface area contributed by atoms with Gasteiger partial charge < -0.3 is 20.5 Å². The van der Waals surface area contributed by atoms with E-state index < -0.39 is 23.6 Å². The lowest BCUT2D eigenvalue weighted by atomic mass is 9.76. The quantitative estimate of drug-likeness (QED) is 0.563. The third kappa shape index (κ3) is 4.58. The number of carboxylic acids is 1. The zero-order valence-corrected chi connectivity index (χ0v) is 19.0. The highest BCUT2D eigenvalue weighted by molar-refractivity contribution is 5.88. The van der Waals surface area contributed by atoms with Gasteiger partial charge in [-0.2, -0.15) is 0 Å². The standard InChI is InChI=1S/C26H30N2O5/c1-16(2)22(14-23(29)28-26(24(30)31)12-7-13-26)27-25(32)33-15-21-19-10-5-3-8-17(19)18-9-4-6-11-20(18)21/h3-6,8-11,16,21-22H,7,12-15H2,1-2H3,(H,27,32)(H,28,29)(H,30,31)/t22-/m1/s1. The number of aliphatic carboxylic acids is 1. The highest BCUT2D eigenvalue weighted by Crippen LogP contribution is 2.44. The summed E-state index contributed by atoms with van der Waals surface area (Å²) in [5.74, 6) is -1.46. The summed E-state index contributed by atoms with van der Waals surface area (Å²) < 4.78 is 5.60. The Morgan fingerprint density at radius 1 is 1.03 bits per heavy atom. The molecule has 1 saturated carbocycles. The monoisotopic (exact) mass is 450 g/mol. The molecular formula is C26H30N2O5. The van der Waals surface area contributed by atoms with Crippen LogP contribution in [-0.2, 0) is 14.3 Å². The van der Waals surface area contributed by atoms with Crippen LogP contribution in [0, 0.1) is 5.92 Å². The van der Waals surface area contributed by atoms with Gasteiger partial charge in [0.15, 0.2) is 0 Å². The second kappa shape index (κ2) is 9.25. The molecule has 2 aliphatic carbocycles. The number of amides is 2. The lowest BCUT2D eigenvalue weighted by Crippen LogP contribution is -2.60. The maximum atomic E-state index is 12.6. The topological polar surface area (TPSA) is 105 Å². The van der Waals surface area contributed by atoms with Gasteiger partial charge in [0, 0.05) is 18.4 Å². The van der Waals surface area contributed by atoms with E-state index in [9.17, 15) is 19.5 Å². The highest BCUT2D eigenvalue weighted by atomic mass is 16.5. The van der Waals surface area contributed by atoms with E-state index in [4.69, 9.17) is 4.74 Å². The average Bonchev–Trinajstić information content (AvgIpc) is 3.08. The van der Waals surface area contributed by atoms with Crippen molar-refractivity contribution in [2.24, 2.45) is 5.92 Å². The molecule has 0 heterocycles. The molecule has 1 fully saturated rings. The second-order valence-electron chi connectivity index (χ2n) is 9.31. The number of benzene rings is 2. The third-order valence-corrected chi connectivity index (χ3v) is 6.85. The van der Waals surface area contributed by atoms with Crippen LogP contribution in [0.15, 0.2) is 48.5 Å². The van der Waals surface area contributed by atoms with Gasteiger partial charge in [0.1, 0.15) is 12.1 Å². The van der Waals surface area contributed by atoms with Crippen LogP contribution in [0.4, 0.5) is 4.79 Å². The van der Waals surface area contributed by atoms with Gasteiger partial charge in [0.05, 0.1) is 0 Å².